The Hall–Kier alpha value is -0.790. The highest BCUT2D eigenvalue weighted by atomic mass is 35.5. The number of benzene rings is 1. The van der Waals surface area contributed by atoms with Crippen LogP contribution >= 0.6 is 23.2 Å². The minimum Gasteiger partial charge on any atom is -0.290 e. The molecule has 0 saturated heterocycles. The maximum Gasteiger partial charge on any atom is 0.203 e. The molecule has 1 nitrogen and oxygen atoms in total. The Labute approximate surface area is 92.3 Å². The number of rotatable bonds is 1. The standard InChI is InChI=1S/C11H8Cl2O/c1-7-9(10(14)11(7,12)13)8-5-3-2-4-6-8/h2-6H,1H3. The van der Waals surface area contributed by atoms with Gasteiger partial charge in [-0.1, -0.05) is 53.5 Å². The zero-order valence-corrected chi connectivity index (χ0v) is 9.06. The molecule has 0 spiro atoms. The van der Waals surface area contributed by atoms with Crippen molar-refractivity contribution in [2.45, 2.75) is 11.3 Å². The number of hydrogen-bond donors (Lipinski definition) is 0. The Morgan fingerprint density at radius 3 is 2.21 bits per heavy atom. The summed E-state index contributed by atoms with van der Waals surface area (Å²) >= 11 is 11.6. The molecule has 0 saturated carbocycles. The van der Waals surface area contributed by atoms with E-state index in [1.807, 2.05) is 30.3 Å². The van der Waals surface area contributed by atoms with Crippen LogP contribution in [0.25, 0.3) is 5.57 Å². The molecule has 0 aromatic heterocycles. The van der Waals surface area contributed by atoms with E-state index >= 15 is 0 Å². The Bertz CT molecular complexity index is 418. The van der Waals surface area contributed by atoms with Gasteiger partial charge in [0.1, 0.15) is 0 Å². The fraction of sp³-hybridized carbons (Fsp3) is 0.182. The zero-order valence-electron chi connectivity index (χ0n) is 7.55. The number of carbonyl (C=O) groups is 1. The third-order valence-corrected chi connectivity index (χ3v) is 3.33. The van der Waals surface area contributed by atoms with Gasteiger partial charge in [0.05, 0.1) is 0 Å². The van der Waals surface area contributed by atoms with Gasteiger partial charge in [0.2, 0.25) is 10.1 Å². The third-order valence-electron chi connectivity index (χ3n) is 2.42. The molecule has 72 valence electrons. The summed E-state index contributed by atoms with van der Waals surface area (Å²) in [5.74, 6) is -0.204. The molecule has 0 fully saturated rings. The van der Waals surface area contributed by atoms with Crippen LogP contribution < -0.4 is 0 Å². The van der Waals surface area contributed by atoms with Gasteiger partial charge >= 0.3 is 0 Å². The first-order chi connectivity index (χ1) is 6.55. The van der Waals surface area contributed by atoms with Crippen LogP contribution in [0.1, 0.15) is 12.5 Å². The van der Waals surface area contributed by atoms with Gasteiger partial charge in [0, 0.05) is 5.57 Å². The zero-order chi connectivity index (χ0) is 10.3. The van der Waals surface area contributed by atoms with Crippen molar-refractivity contribution in [3.63, 3.8) is 0 Å². The average molecular weight is 227 g/mol. The van der Waals surface area contributed by atoms with E-state index in [2.05, 4.69) is 0 Å². The van der Waals surface area contributed by atoms with E-state index < -0.39 is 4.33 Å². The minimum atomic E-state index is -1.30. The summed E-state index contributed by atoms with van der Waals surface area (Å²) in [5.41, 5.74) is 2.26. The Morgan fingerprint density at radius 2 is 1.71 bits per heavy atom. The maximum atomic E-state index is 11.6. The summed E-state index contributed by atoms with van der Waals surface area (Å²) in [6.45, 7) is 1.78. The van der Waals surface area contributed by atoms with Gasteiger partial charge in [-0.3, -0.25) is 4.79 Å². The first-order valence-corrected chi connectivity index (χ1v) is 5.00. The van der Waals surface area contributed by atoms with Gasteiger partial charge < -0.3 is 0 Å². The van der Waals surface area contributed by atoms with Crippen LogP contribution in [0.2, 0.25) is 0 Å². The predicted molar refractivity (Wildman–Crippen MR) is 58.5 cm³/mol. The van der Waals surface area contributed by atoms with E-state index in [0.717, 1.165) is 11.1 Å². The molecular formula is C11H8Cl2O. The second kappa shape index (κ2) is 3.11. The molecule has 0 unspecified atom stereocenters. The van der Waals surface area contributed by atoms with Crippen LogP contribution in [0, 0.1) is 0 Å². The molecule has 1 aliphatic carbocycles. The quantitative estimate of drug-likeness (QED) is 0.673. The molecule has 0 bridgehead atoms. The van der Waals surface area contributed by atoms with Gasteiger partial charge in [-0.25, -0.2) is 0 Å². The fourth-order valence-electron chi connectivity index (χ4n) is 1.54. The van der Waals surface area contributed by atoms with Crippen LogP contribution in [0.4, 0.5) is 0 Å². The second-order valence-corrected chi connectivity index (χ2v) is 4.60. The molecule has 0 aliphatic heterocycles. The summed E-state index contributed by atoms with van der Waals surface area (Å²) in [5, 5.41) is 0. The minimum absolute atomic E-state index is 0.204. The van der Waals surface area contributed by atoms with Crippen molar-refractivity contribution < 1.29 is 4.79 Å². The number of allylic oxidation sites excluding steroid dienone is 2. The molecule has 0 N–H and O–H groups in total. The summed E-state index contributed by atoms with van der Waals surface area (Å²) < 4.78 is -1.30. The molecule has 1 aromatic rings. The number of halogens is 2. The van der Waals surface area contributed by atoms with Crippen molar-refractivity contribution in [2.24, 2.45) is 0 Å². The van der Waals surface area contributed by atoms with Gasteiger partial charge in [0.25, 0.3) is 0 Å². The molecule has 0 radical (unpaired) electrons. The number of alkyl halides is 2. The first kappa shape index (κ1) is 9.75. The number of ketones is 1. The predicted octanol–water partition coefficient (Wildman–Crippen LogP) is 3.22. The highest BCUT2D eigenvalue weighted by molar-refractivity contribution is 6.69. The van der Waals surface area contributed by atoms with Crippen molar-refractivity contribution in [1.82, 2.24) is 0 Å². The molecule has 2 rings (SSSR count). The van der Waals surface area contributed by atoms with Gasteiger partial charge in [-0.15, -0.1) is 0 Å². The second-order valence-electron chi connectivity index (χ2n) is 3.27. The maximum absolute atomic E-state index is 11.6. The molecular weight excluding hydrogens is 219 g/mol. The topological polar surface area (TPSA) is 17.1 Å². The monoisotopic (exact) mass is 226 g/mol. The summed E-state index contributed by atoms with van der Waals surface area (Å²) in [4.78, 5) is 11.6. The number of Topliss-reactive ketones (excluding diaryl/α,β-unsaturated/α-hetero) is 1. The van der Waals surface area contributed by atoms with Crippen molar-refractivity contribution in [3.8, 4) is 0 Å². The first-order valence-electron chi connectivity index (χ1n) is 4.24. The Balaban J connectivity index is 2.50. The molecule has 0 amide bonds. The summed E-state index contributed by atoms with van der Waals surface area (Å²) in [6, 6.07) is 9.41. The van der Waals surface area contributed by atoms with Crippen LogP contribution in [-0.4, -0.2) is 10.1 Å². The van der Waals surface area contributed by atoms with Gasteiger partial charge in [-0.2, -0.15) is 0 Å². The van der Waals surface area contributed by atoms with E-state index in [1.165, 1.54) is 0 Å². The lowest BCUT2D eigenvalue weighted by Crippen LogP contribution is -2.39. The molecule has 3 heteroatoms. The third kappa shape index (κ3) is 1.20. The molecule has 1 aliphatic rings. The van der Waals surface area contributed by atoms with Crippen LogP contribution in [0.5, 0.6) is 0 Å². The van der Waals surface area contributed by atoms with E-state index in [9.17, 15) is 4.79 Å². The van der Waals surface area contributed by atoms with Gasteiger partial charge in [-0.05, 0) is 18.1 Å². The largest absolute Gasteiger partial charge is 0.290 e. The van der Waals surface area contributed by atoms with Crippen molar-refractivity contribution >= 4 is 34.6 Å². The smallest absolute Gasteiger partial charge is 0.203 e. The highest BCUT2D eigenvalue weighted by Crippen LogP contribution is 2.47. The molecule has 0 atom stereocenters. The Morgan fingerprint density at radius 1 is 1.14 bits per heavy atom. The van der Waals surface area contributed by atoms with Crippen molar-refractivity contribution in [2.75, 3.05) is 0 Å². The average Bonchev–Trinajstić information content (AvgIpc) is 2.20. The SMILES string of the molecule is CC1=C(c2ccccc2)C(=O)C1(Cl)Cl. The van der Waals surface area contributed by atoms with E-state index in [0.29, 0.717) is 5.57 Å². The van der Waals surface area contributed by atoms with E-state index in [4.69, 9.17) is 23.2 Å². The van der Waals surface area contributed by atoms with Crippen molar-refractivity contribution in [3.05, 3.63) is 41.5 Å². The lowest BCUT2D eigenvalue weighted by atomic mass is 9.82. The number of carbonyl (C=O) groups excluding carboxylic acids is 1. The highest BCUT2D eigenvalue weighted by Gasteiger charge is 2.49. The molecule has 14 heavy (non-hydrogen) atoms. The van der Waals surface area contributed by atoms with E-state index in [-0.39, 0.29) is 5.78 Å². The van der Waals surface area contributed by atoms with Crippen LogP contribution in [0.15, 0.2) is 35.9 Å². The van der Waals surface area contributed by atoms with Crippen LogP contribution in [0.3, 0.4) is 0 Å². The summed E-state index contributed by atoms with van der Waals surface area (Å²) in [7, 11) is 0. The molecule has 1 aromatic carbocycles. The lowest BCUT2D eigenvalue weighted by Gasteiger charge is -2.32. The summed E-state index contributed by atoms with van der Waals surface area (Å²) in [6.07, 6.45) is 0. The molecule has 0 heterocycles. The normalized spacial score (nSPS) is 19.5. The lowest BCUT2D eigenvalue weighted by molar-refractivity contribution is -0.115. The Kier molecular flexibility index (Phi) is 2.17. The van der Waals surface area contributed by atoms with Crippen LogP contribution in [-0.2, 0) is 4.79 Å². The van der Waals surface area contributed by atoms with E-state index in [1.54, 1.807) is 6.92 Å². The fourth-order valence-corrected chi connectivity index (χ4v) is 1.92. The van der Waals surface area contributed by atoms with Crippen molar-refractivity contribution in [1.29, 1.82) is 0 Å². The number of hydrogen-bond acceptors (Lipinski definition) is 1. The van der Waals surface area contributed by atoms with Gasteiger partial charge in [0.15, 0.2) is 0 Å².